The third-order valence-electron chi connectivity index (χ3n) is 3.58. The Hall–Kier alpha value is -2.36. The second-order valence-corrected chi connectivity index (χ2v) is 6.53. The smallest absolute Gasteiger partial charge is 0.323 e. The molecule has 118 valence electrons. The van der Waals surface area contributed by atoms with Crippen LogP contribution in [0.15, 0.2) is 36.4 Å². The van der Waals surface area contributed by atoms with Crippen molar-refractivity contribution in [1.29, 1.82) is 0 Å². The quantitative estimate of drug-likeness (QED) is 0.680. The lowest BCUT2D eigenvalue weighted by Crippen LogP contribution is -2.29. The summed E-state index contributed by atoms with van der Waals surface area (Å²) in [4.78, 5) is 14.9. The Kier molecular flexibility index (Phi) is 4.33. The minimum absolute atomic E-state index is 0.240. The highest BCUT2D eigenvalue weighted by Gasteiger charge is 2.32. The van der Waals surface area contributed by atoms with Gasteiger partial charge in [0.25, 0.3) is 0 Å². The van der Waals surface area contributed by atoms with E-state index in [1.807, 2.05) is 12.1 Å². The van der Waals surface area contributed by atoms with Crippen LogP contribution in [0.4, 0.5) is 9.18 Å². The maximum atomic E-state index is 12.9. The van der Waals surface area contributed by atoms with Crippen molar-refractivity contribution >= 4 is 17.4 Å². The largest absolute Gasteiger partial charge is 0.344 e. The summed E-state index contributed by atoms with van der Waals surface area (Å²) in [6, 6.07) is 9.40. The highest BCUT2D eigenvalue weighted by atomic mass is 32.1. The van der Waals surface area contributed by atoms with Crippen molar-refractivity contribution in [2.24, 2.45) is 0 Å². The Morgan fingerprint density at radius 1 is 1.30 bits per heavy atom. The molecule has 1 atom stereocenters. The minimum atomic E-state index is -0.504. The molecule has 4 nitrogen and oxygen atoms in total. The molecule has 0 aliphatic carbocycles. The zero-order valence-electron chi connectivity index (χ0n) is 12.5. The van der Waals surface area contributed by atoms with Gasteiger partial charge in [-0.05, 0) is 29.8 Å². The molecule has 0 saturated carbocycles. The number of hydroxylamine groups is 2. The van der Waals surface area contributed by atoms with E-state index in [9.17, 15) is 14.4 Å². The van der Waals surface area contributed by atoms with E-state index in [2.05, 4.69) is 11.8 Å². The van der Waals surface area contributed by atoms with Crippen molar-refractivity contribution in [3.8, 4) is 11.8 Å². The van der Waals surface area contributed by atoms with E-state index in [0.717, 1.165) is 21.7 Å². The number of hydrogen-bond acceptors (Lipinski definition) is 3. The molecule has 2 aromatic rings. The number of thiophene rings is 1. The number of urea groups is 1. The lowest BCUT2D eigenvalue weighted by atomic mass is 10.1. The molecule has 3 rings (SSSR count). The molecule has 2 heterocycles. The fourth-order valence-corrected chi connectivity index (χ4v) is 3.23. The summed E-state index contributed by atoms with van der Waals surface area (Å²) < 4.78 is 12.9. The molecule has 6 heteroatoms. The predicted molar refractivity (Wildman–Crippen MR) is 85.8 cm³/mol. The van der Waals surface area contributed by atoms with E-state index in [1.165, 1.54) is 17.0 Å². The molecular weight excluding hydrogens is 315 g/mol. The number of likely N-dealkylation sites (N-methyl/N-ethyl adjacent to an activating group) is 1. The highest BCUT2D eigenvalue weighted by molar-refractivity contribution is 7.12. The van der Waals surface area contributed by atoms with Crippen LogP contribution in [0.2, 0.25) is 0 Å². The molecule has 1 aromatic carbocycles. The van der Waals surface area contributed by atoms with Gasteiger partial charge in [-0.25, -0.2) is 9.18 Å². The van der Waals surface area contributed by atoms with E-state index < -0.39 is 12.1 Å². The fourth-order valence-electron chi connectivity index (χ4n) is 2.33. The molecule has 0 bridgehead atoms. The molecule has 1 aromatic heterocycles. The lowest BCUT2D eigenvalue weighted by molar-refractivity contribution is -0.0433. The second kappa shape index (κ2) is 6.41. The van der Waals surface area contributed by atoms with Crippen molar-refractivity contribution in [1.82, 2.24) is 9.96 Å². The first kappa shape index (κ1) is 15.5. The SMILES string of the molecule is CN1CC(C#Cc2ccc(Cc3ccc(F)cc3)s2)N(O)C1=O. The standard InChI is InChI=1S/C17H15FN2O2S/c1-19-11-14(20(22)17(19)21)6-7-15-8-9-16(23-15)10-12-2-4-13(18)5-3-12/h2-5,8-9,14,22H,10-11H2,1H3. The predicted octanol–water partition coefficient (Wildman–Crippen LogP) is 2.95. The van der Waals surface area contributed by atoms with Crippen LogP contribution >= 0.6 is 11.3 Å². The number of carbonyl (C=O) groups excluding carboxylic acids is 1. The van der Waals surface area contributed by atoms with Crippen molar-refractivity contribution in [2.45, 2.75) is 12.5 Å². The lowest BCUT2D eigenvalue weighted by Gasteiger charge is -2.08. The van der Waals surface area contributed by atoms with Crippen LogP contribution in [0.1, 0.15) is 15.3 Å². The summed E-state index contributed by atoms with van der Waals surface area (Å²) >= 11 is 1.55. The first-order chi connectivity index (χ1) is 11.0. The van der Waals surface area contributed by atoms with Crippen LogP contribution in [0, 0.1) is 17.7 Å². The molecule has 1 unspecified atom stereocenters. The van der Waals surface area contributed by atoms with Gasteiger partial charge in [0.15, 0.2) is 0 Å². The summed E-state index contributed by atoms with van der Waals surface area (Å²) in [7, 11) is 1.62. The number of hydrogen-bond donors (Lipinski definition) is 1. The molecular formula is C17H15FN2O2S. The Labute approximate surface area is 137 Å². The number of amides is 2. The van der Waals surface area contributed by atoms with Crippen molar-refractivity contribution in [2.75, 3.05) is 13.6 Å². The molecule has 1 aliphatic rings. The molecule has 0 spiro atoms. The summed E-state index contributed by atoms with van der Waals surface area (Å²) in [5.41, 5.74) is 1.04. The zero-order chi connectivity index (χ0) is 16.4. The van der Waals surface area contributed by atoms with Crippen LogP contribution < -0.4 is 0 Å². The van der Waals surface area contributed by atoms with Crippen LogP contribution in [0.3, 0.4) is 0 Å². The van der Waals surface area contributed by atoms with E-state index in [4.69, 9.17) is 0 Å². The Morgan fingerprint density at radius 3 is 2.70 bits per heavy atom. The molecule has 1 fully saturated rings. The van der Waals surface area contributed by atoms with Gasteiger partial charge in [-0.15, -0.1) is 11.3 Å². The van der Waals surface area contributed by atoms with Crippen molar-refractivity contribution < 1.29 is 14.4 Å². The first-order valence-corrected chi connectivity index (χ1v) is 7.92. The van der Waals surface area contributed by atoms with Gasteiger partial charge in [0.2, 0.25) is 0 Å². The van der Waals surface area contributed by atoms with Gasteiger partial charge in [0.1, 0.15) is 11.9 Å². The Balaban J connectivity index is 1.67. The summed E-state index contributed by atoms with van der Waals surface area (Å²) in [6.45, 7) is 0.385. The average Bonchev–Trinajstić information content (AvgIpc) is 3.08. The van der Waals surface area contributed by atoms with E-state index >= 15 is 0 Å². The minimum Gasteiger partial charge on any atom is -0.323 e. The van der Waals surface area contributed by atoms with Gasteiger partial charge in [0.05, 0.1) is 11.4 Å². The summed E-state index contributed by atoms with van der Waals surface area (Å²) in [6.07, 6.45) is 0.726. The first-order valence-electron chi connectivity index (χ1n) is 7.11. The number of rotatable bonds is 2. The van der Waals surface area contributed by atoms with Gasteiger partial charge < -0.3 is 4.90 Å². The van der Waals surface area contributed by atoms with Crippen LogP contribution in [-0.2, 0) is 6.42 Å². The van der Waals surface area contributed by atoms with Gasteiger partial charge in [0, 0.05) is 18.3 Å². The molecule has 1 N–H and O–H groups in total. The molecule has 0 radical (unpaired) electrons. The Bertz CT molecular complexity index is 776. The number of carbonyl (C=O) groups is 1. The maximum absolute atomic E-state index is 12.9. The molecule has 1 aliphatic heterocycles. The van der Waals surface area contributed by atoms with Gasteiger partial charge in [-0.1, -0.05) is 24.0 Å². The third-order valence-corrected chi connectivity index (χ3v) is 4.58. The van der Waals surface area contributed by atoms with Gasteiger partial charge >= 0.3 is 6.03 Å². The van der Waals surface area contributed by atoms with Crippen molar-refractivity contribution in [3.63, 3.8) is 0 Å². The van der Waals surface area contributed by atoms with Gasteiger partial charge in [-0.3, -0.25) is 5.21 Å². The van der Waals surface area contributed by atoms with Crippen LogP contribution in [-0.4, -0.2) is 40.8 Å². The highest BCUT2D eigenvalue weighted by Crippen LogP contribution is 2.20. The maximum Gasteiger partial charge on any atom is 0.344 e. The molecule has 2 amide bonds. The number of halogens is 1. The van der Waals surface area contributed by atoms with Crippen LogP contribution in [0.5, 0.6) is 0 Å². The Morgan fingerprint density at radius 2 is 2.04 bits per heavy atom. The van der Waals surface area contributed by atoms with Crippen LogP contribution in [0.25, 0.3) is 0 Å². The van der Waals surface area contributed by atoms with E-state index in [0.29, 0.717) is 11.6 Å². The van der Waals surface area contributed by atoms with Gasteiger partial charge in [-0.2, -0.15) is 5.06 Å². The third kappa shape index (κ3) is 3.52. The van der Waals surface area contributed by atoms with E-state index in [1.54, 1.807) is 30.5 Å². The fraction of sp³-hybridized carbons (Fsp3) is 0.235. The summed E-state index contributed by atoms with van der Waals surface area (Å²) in [5.74, 6) is 5.68. The van der Waals surface area contributed by atoms with Crippen molar-refractivity contribution in [3.05, 3.63) is 57.5 Å². The molecule has 1 saturated heterocycles. The summed E-state index contributed by atoms with van der Waals surface area (Å²) in [5, 5.41) is 10.3. The number of benzene rings is 1. The molecule has 23 heavy (non-hydrogen) atoms. The zero-order valence-corrected chi connectivity index (χ0v) is 13.3. The normalized spacial score (nSPS) is 17.3. The average molecular weight is 330 g/mol. The topological polar surface area (TPSA) is 43.8 Å². The monoisotopic (exact) mass is 330 g/mol. The number of nitrogens with zero attached hydrogens (tertiary/aromatic N) is 2. The second-order valence-electron chi connectivity index (χ2n) is 5.36. The van der Waals surface area contributed by atoms with E-state index in [-0.39, 0.29) is 5.82 Å².